The molecule has 20 heavy (non-hydrogen) atoms. The van der Waals surface area contributed by atoms with Gasteiger partial charge in [-0.2, -0.15) is 0 Å². The quantitative estimate of drug-likeness (QED) is 0.825. The number of hydrogen-bond donors (Lipinski definition) is 2. The molecule has 1 heterocycles. The molecular weight excluding hydrogens is 248 g/mol. The van der Waals surface area contributed by atoms with Gasteiger partial charge in [0.1, 0.15) is 18.0 Å². The van der Waals surface area contributed by atoms with Crippen LogP contribution < -0.4 is 10.6 Å². The van der Waals surface area contributed by atoms with Crippen molar-refractivity contribution in [3.8, 4) is 0 Å². The molecule has 2 atom stereocenters. The van der Waals surface area contributed by atoms with Crippen LogP contribution in [0.15, 0.2) is 6.33 Å². The highest BCUT2D eigenvalue weighted by molar-refractivity contribution is 5.56. The van der Waals surface area contributed by atoms with Gasteiger partial charge in [-0.25, -0.2) is 9.97 Å². The van der Waals surface area contributed by atoms with Crippen LogP contribution >= 0.6 is 0 Å². The van der Waals surface area contributed by atoms with Gasteiger partial charge in [0.25, 0.3) is 0 Å². The van der Waals surface area contributed by atoms with Gasteiger partial charge in [0, 0.05) is 18.2 Å². The molecule has 0 aromatic carbocycles. The van der Waals surface area contributed by atoms with Gasteiger partial charge < -0.3 is 10.6 Å². The third-order valence-corrected chi connectivity index (χ3v) is 4.33. The van der Waals surface area contributed by atoms with E-state index in [1.807, 2.05) is 0 Å². The number of nitrogens with one attached hydrogen (secondary N) is 2. The lowest BCUT2D eigenvalue weighted by Crippen LogP contribution is -2.28. The van der Waals surface area contributed by atoms with E-state index in [1.165, 1.54) is 32.1 Å². The normalized spacial score (nSPS) is 22.6. The van der Waals surface area contributed by atoms with Crippen molar-refractivity contribution in [2.24, 2.45) is 5.92 Å². The molecule has 112 valence electrons. The van der Waals surface area contributed by atoms with Crippen molar-refractivity contribution in [3.63, 3.8) is 0 Å². The Morgan fingerprint density at radius 2 is 2.00 bits per heavy atom. The maximum atomic E-state index is 4.43. The lowest BCUT2D eigenvalue weighted by atomic mass is 9.84. The molecule has 0 amide bonds. The Morgan fingerprint density at radius 3 is 2.75 bits per heavy atom. The van der Waals surface area contributed by atoms with Crippen molar-refractivity contribution in [3.05, 3.63) is 11.9 Å². The zero-order chi connectivity index (χ0) is 14.4. The monoisotopic (exact) mass is 276 g/mol. The average molecular weight is 276 g/mol. The number of hydrogen-bond acceptors (Lipinski definition) is 4. The highest BCUT2D eigenvalue weighted by atomic mass is 15.1. The Bertz CT molecular complexity index is 419. The van der Waals surface area contributed by atoms with Crippen LogP contribution in [0.4, 0.5) is 11.6 Å². The summed E-state index contributed by atoms with van der Waals surface area (Å²) in [6.45, 7) is 7.52. The fraction of sp³-hybridized carbons (Fsp3) is 0.750. The number of aromatic nitrogens is 2. The maximum Gasteiger partial charge on any atom is 0.134 e. The van der Waals surface area contributed by atoms with E-state index in [9.17, 15) is 0 Å². The predicted octanol–water partition coefficient (Wildman–Crippen LogP) is 3.99. The van der Waals surface area contributed by atoms with E-state index in [2.05, 4.69) is 41.4 Å². The van der Waals surface area contributed by atoms with Crippen LogP contribution in [0, 0.1) is 12.8 Å². The molecule has 1 aromatic rings. The summed E-state index contributed by atoms with van der Waals surface area (Å²) in [7, 11) is 0. The number of nitrogens with zero attached hydrogens (tertiary/aromatic N) is 2. The van der Waals surface area contributed by atoms with Gasteiger partial charge in [0.15, 0.2) is 0 Å². The number of anilines is 2. The maximum absolute atomic E-state index is 4.43. The summed E-state index contributed by atoms with van der Waals surface area (Å²) in [6, 6.07) is 0.571. The second-order valence-corrected chi connectivity index (χ2v) is 5.90. The lowest BCUT2D eigenvalue weighted by molar-refractivity contribution is 0.327. The van der Waals surface area contributed by atoms with Crippen molar-refractivity contribution in [1.29, 1.82) is 0 Å². The third-order valence-electron chi connectivity index (χ3n) is 4.33. The summed E-state index contributed by atoms with van der Waals surface area (Å²) in [6.07, 6.45) is 9.32. The first-order valence-corrected chi connectivity index (χ1v) is 8.06. The van der Waals surface area contributed by atoms with Crippen LogP contribution in [0.2, 0.25) is 0 Å². The van der Waals surface area contributed by atoms with Gasteiger partial charge in [-0.05, 0) is 32.1 Å². The van der Waals surface area contributed by atoms with Crippen LogP contribution in [0.25, 0.3) is 0 Å². The average Bonchev–Trinajstić information content (AvgIpc) is 2.48. The first-order valence-electron chi connectivity index (χ1n) is 8.06. The molecular formula is C16H28N4. The molecule has 4 nitrogen and oxygen atoms in total. The standard InChI is InChI=1S/C16H28N4/c1-4-9-17-15-12(3)16(19-11-18-15)20-14-8-6-7-13(5-2)10-14/h11,13-14H,4-10H2,1-3H3,(H2,17,18,19,20). The topological polar surface area (TPSA) is 49.8 Å². The first-order chi connectivity index (χ1) is 9.74. The fourth-order valence-corrected chi connectivity index (χ4v) is 3.00. The van der Waals surface area contributed by atoms with E-state index in [1.54, 1.807) is 6.33 Å². The summed E-state index contributed by atoms with van der Waals surface area (Å²) < 4.78 is 0. The van der Waals surface area contributed by atoms with Crippen LogP contribution in [0.5, 0.6) is 0 Å². The SMILES string of the molecule is CCCNc1ncnc(NC2CCCC(CC)C2)c1C. The second kappa shape index (κ2) is 7.46. The van der Waals surface area contributed by atoms with E-state index >= 15 is 0 Å². The van der Waals surface area contributed by atoms with Crippen LogP contribution in [0.3, 0.4) is 0 Å². The van der Waals surface area contributed by atoms with Crippen molar-refractivity contribution < 1.29 is 0 Å². The van der Waals surface area contributed by atoms with Crippen LogP contribution in [-0.2, 0) is 0 Å². The fourth-order valence-electron chi connectivity index (χ4n) is 3.00. The molecule has 0 aliphatic heterocycles. The molecule has 0 saturated heterocycles. The Morgan fingerprint density at radius 1 is 1.20 bits per heavy atom. The number of rotatable bonds is 6. The summed E-state index contributed by atoms with van der Waals surface area (Å²) in [4.78, 5) is 8.77. The smallest absolute Gasteiger partial charge is 0.134 e. The van der Waals surface area contributed by atoms with Gasteiger partial charge in [-0.15, -0.1) is 0 Å². The van der Waals surface area contributed by atoms with E-state index in [4.69, 9.17) is 0 Å². The molecule has 1 aliphatic rings. The molecule has 2 unspecified atom stereocenters. The molecule has 1 aromatic heterocycles. The summed E-state index contributed by atoms with van der Waals surface area (Å²) in [5, 5.41) is 7.01. The van der Waals surface area contributed by atoms with E-state index in [0.717, 1.165) is 36.1 Å². The molecule has 2 rings (SSSR count). The van der Waals surface area contributed by atoms with Crippen LogP contribution in [0.1, 0.15) is 57.9 Å². The zero-order valence-electron chi connectivity index (χ0n) is 13.1. The zero-order valence-corrected chi connectivity index (χ0v) is 13.1. The largest absolute Gasteiger partial charge is 0.370 e. The molecule has 2 N–H and O–H groups in total. The molecule has 0 radical (unpaired) electrons. The Kier molecular flexibility index (Phi) is 5.62. The molecule has 1 aliphatic carbocycles. The van der Waals surface area contributed by atoms with Crippen molar-refractivity contribution in [2.45, 2.75) is 65.3 Å². The third kappa shape index (κ3) is 3.84. The molecule has 1 fully saturated rings. The van der Waals surface area contributed by atoms with E-state index in [0.29, 0.717) is 6.04 Å². The first kappa shape index (κ1) is 15.1. The highest BCUT2D eigenvalue weighted by Gasteiger charge is 2.21. The Labute approximate surface area is 122 Å². The van der Waals surface area contributed by atoms with Gasteiger partial charge in [0.05, 0.1) is 0 Å². The highest BCUT2D eigenvalue weighted by Crippen LogP contribution is 2.29. The van der Waals surface area contributed by atoms with E-state index in [-0.39, 0.29) is 0 Å². The predicted molar refractivity (Wildman–Crippen MR) is 85.2 cm³/mol. The minimum atomic E-state index is 0.571. The van der Waals surface area contributed by atoms with Gasteiger partial charge in [-0.3, -0.25) is 0 Å². The molecule has 4 heteroatoms. The van der Waals surface area contributed by atoms with E-state index < -0.39 is 0 Å². The second-order valence-electron chi connectivity index (χ2n) is 5.90. The Hall–Kier alpha value is -1.32. The minimum Gasteiger partial charge on any atom is -0.370 e. The van der Waals surface area contributed by atoms with Gasteiger partial charge in [0.2, 0.25) is 0 Å². The van der Waals surface area contributed by atoms with Crippen molar-refractivity contribution >= 4 is 11.6 Å². The summed E-state index contributed by atoms with van der Waals surface area (Å²) in [5.74, 6) is 2.84. The van der Waals surface area contributed by atoms with Crippen molar-refractivity contribution in [2.75, 3.05) is 17.2 Å². The van der Waals surface area contributed by atoms with Gasteiger partial charge in [-0.1, -0.05) is 33.1 Å². The lowest BCUT2D eigenvalue weighted by Gasteiger charge is -2.30. The summed E-state index contributed by atoms with van der Waals surface area (Å²) >= 11 is 0. The van der Waals surface area contributed by atoms with Crippen molar-refractivity contribution in [1.82, 2.24) is 9.97 Å². The summed E-state index contributed by atoms with van der Waals surface area (Å²) in [5.41, 5.74) is 1.14. The Balaban J connectivity index is 2.01. The molecule has 0 spiro atoms. The molecule has 0 bridgehead atoms. The minimum absolute atomic E-state index is 0.571. The van der Waals surface area contributed by atoms with Crippen LogP contribution in [-0.4, -0.2) is 22.6 Å². The van der Waals surface area contributed by atoms with Gasteiger partial charge >= 0.3 is 0 Å². The molecule has 1 saturated carbocycles.